The number of nitrogens with two attached hydrogens (primary N) is 2. The van der Waals surface area contributed by atoms with Crippen molar-refractivity contribution in [2.45, 2.75) is 26.2 Å². The van der Waals surface area contributed by atoms with Crippen molar-refractivity contribution in [3.8, 4) is 0 Å². The second-order valence-electron chi connectivity index (χ2n) is 4.72. The Bertz CT molecular complexity index is 593. The van der Waals surface area contributed by atoms with Crippen molar-refractivity contribution in [1.82, 2.24) is 9.97 Å². The quantitative estimate of drug-likeness (QED) is 0.483. The van der Waals surface area contributed by atoms with E-state index in [2.05, 4.69) is 27.7 Å². The van der Waals surface area contributed by atoms with Gasteiger partial charge >= 0.3 is 0 Å². The summed E-state index contributed by atoms with van der Waals surface area (Å²) in [7, 11) is 0. The number of hydrazine groups is 2. The summed E-state index contributed by atoms with van der Waals surface area (Å²) < 4.78 is 0. The van der Waals surface area contributed by atoms with Gasteiger partial charge in [-0.25, -0.2) is 16.7 Å². The second kappa shape index (κ2) is 4.34. The van der Waals surface area contributed by atoms with Crippen molar-refractivity contribution in [2.24, 2.45) is 17.6 Å². The molecule has 6 N–H and O–H groups in total. The molecule has 0 radical (unpaired) electrons. The number of hydrogen-bond acceptors (Lipinski definition) is 7. The van der Waals surface area contributed by atoms with Crippen LogP contribution in [0.5, 0.6) is 0 Å². The summed E-state index contributed by atoms with van der Waals surface area (Å²) in [5.74, 6) is 12.7. The Morgan fingerprint density at radius 2 is 2.11 bits per heavy atom. The van der Waals surface area contributed by atoms with E-state index in [1.54, 1.807) is 11.3 Å². The monoisotopic (exact) mass is 264 g/mol. The Hall–Kier alpha value is -1.44. The molecule has 3 rings (SSSR count). The second-order valence-corrected chi connectivity index (χ2v) is 5.80. The molecule has 1 unspecified atom stereocenters. The lowest BCUT2D eigenvalue weighted by molar-refractivity contribution is 0.509. The minimum atomic E-state index is 0.391. The van der Waals surface area contributed by atoms with Gasteiger partial charge in [-0.3, -0.25) is 5.43 Å². The molecular weight excluding hydrogens is 248 g/mol. The molecule has 18 heavy (non-hydrogen) atoms. The van der Waals surface area contributed by atoms with Gasteiger partial charge in [-0.15, -0.1) is 11.3 Å². The largest absolute Gasteiger partial charge is 0.308 e. The molecule has 7 heteroatoms. The van der Waals surface area contributed by atoms with E-state index in [0.717, 1.165) is 29.0 Å². The van der Waals surface area contributed by atoms with Crippen molar-refractivity contribution in [2.75, 3.05) is 10.9 Å². The number of anilines is 2. The average Bonchev–Trinajstić information content (AvgIpc) is 2.74. The molecule has 0 saturated carbocycles. The van der Waals surface area contributed by atoms with Crippen molar-refractivity contribution in [1.29, 1.82) is 0 Å². The van der Waals surface area contributed by atoms with Gasteiger partial charge in [0.2, 0.25) is 5.95 Å². The third-order valence-electron chi connectivity index (χ3n) is 3.42. The van der Waals surface area contributed by atoms with Crippen LogP contribution in [-0.4, -0.2) is 9.97 Å². The molecule has 96 valence electrons. The van der Waals surface area contributed by atoms with Crippen LogP contribution in [0.1, 0.15) is 23.8 Å². The van der Waals surface area contributed by atoms with Gasteiger partial charge in [-0.05, 0) is 30.7 Å². The van der Waals surface area contributed by atoms with E-state index in [0.29, 0.717) is 11.8 Å². The number of aryl methyl sites for hydroxylation is 1. The maximum absolute atomic E-state index is 5.55. The van der Waals surface area contributed by atoms with Crippen molar-refractivity contribution in [3.63, 3.8) is 0 Å². The molecule has 1 aliphatic rings. The average molecular weight is 264 g/mol. The first-order chi connectivity index (χ1) is 8.72. The molecule has 0 aromatic carbocycles. The van der Waals surface area contributed by atoms with Crippen LogP contribution in [-0.2, 0) is 12.8 Å². The fourth-order valence-electron chi connectivity index (χ4n) is 2.51. The topological polar surface area (TPSA) is 102 Å². The molecule has 0 aliphatic heterocycles. The van der Waals surface area contributed by atoms with Gasteiger partial charge in [0.25, 0.3) is 0 Å². The molecule has 0 saturated heterocycles. The predicted octanol–water partition coefficient (Wildman–Crippen LogP) is 1.39. The molecule has 2 heterocycles. The summed E-state index contributed by atoms with van der Waals surface area (Å²) in [6.45, 7) is 2.29. The lowest BCUT2D eigenvalue weighted by Crippen LogP contribution is -2.15. The van der Waals surface area contributed by atoms with E-state index >= 15 is 0 Å². The number of hydrogen-bond donors (Lipinski definition) is 4. The van der Waals surface area contributed by atoms with Crippen molar-refractivity contribution in [3.05, 3.63) is 10.4 Å². The van der Waals surface area contributed by atoms with E-state index in [1.165, 1.54) is 16.9 Å². The summed E-state index contributed by atoms with van der Waals surface area (Å²) in [5.41, 5.74) is 6.48. The number of rotatable bonds is 2. The summed E-state index contributed by atoms with van der Waals surface area (Å²) in [6.07, 6.45) is 3.40. The first-order valence-corrected chi connectivity index (χ1v) is 6.80. The third kappa shape index (κ3) is 1.71. The Labute approximate surface area is 109 Å². The Morgan fingerprint density at radius 1 is 1.28 bits per heavy atom. The highest BCUT2D eigenvalue weighted by Crippen LogP contribution is 2.40. The molecule has 2 aromatic rings. The number of nitrogens with zero attached hydrogens (tertiary/aromatic N) is 2. The first-order valence-electron chi connectivity index (χ1n) is 5.98. The normalized spacial score (nSPS) is 18.7. The van der Waals surface area contributed by atoms with Crippen LogP contribution >= 0.6 is 11.3 Å². The van der Waals surface area contributed by atoms with E-state index in [-0.39, 0.29) is 0 Å². The summed E-state index contributed by atoms with van der Waals surface area (Å²) in [5, 5.41) is 1.06. The molecule has 0 amide bonds. The SMILES string of the molecule is CC1CCc2c(sc3nc(NN)nc(NN)c23)C1. The Morgan fingerprint density at radius 3 is 2.83 bits per heavy atom. The molecule has 2 aromatic heterocycles. The summed E-state index contributed by atoms with van der Waals surface area (Å²) in [4.78, 5) is 11.0. The highest BCUT2D eigenvalue weighted by atomic mass is 32.1. The van der Waals surface area contributed by atoms with Gasteiger partial charge in [0.1, 0.15) is 4.83 Å². The van der Waals surface area contributed by atoms with E-state index in [1.807, 2.05) is 0 Å². The number of aromatic nitrogens is 2. The molecular formula is C11H16N6S. The van der Waals surface area contributed by atoms with Gasteiger partial charge in [-0.1, -0.05) is 6.92 Å². The molecule has 6 nitrogen and oxygen atoms in total. The standard InChI is InChI=1S/C11H16N6S/c1-5-2-3-6-7(4-5)18-10-8(6)9(16-12)14-11(15-10)17-13/h5H,2-4,12-13H2,1H3,(H2,14,15,16,17). The number of nitrogen functional groups attached to an aromatic ring is 2. The van der Waals surface area contributed by atoms with Crippen LogP contribution in [0.2, 0.25) is 0 Å². The predicted molar refractivity (Wildman–Crippen MR) is 74.2 cm³/mol. The maximum Gasteiger partial charge on any atom is 0.240 e. The lowest BCUT2D eigenvalue weighted by atomic mass is 9.89. The van der Waals surface area contributed by atoms with Gasteiger partial charge in [0.15, 0.2) is 5.82 Å². The molecule has 0 bridgehead atoms. The van der Waals surface area contributed by atoms with Gasteiger partial charge in [0.05, 0.1) is 5.39 Å². The van der Waals surface area contributed by atoms with Crippen molar-refractivity contribution < 1.29 is 0 Å². The summed E-state index contributed by atoms with van der Waals surface area (Å²) >= 11 is 1.72. The van der Waals surface area contributed by atoms with Gasteiger partial charge < -0.3 is 5.43 Å². The zero-order valence-electron chi connectivity index (χ0n) is 10.2. The summed E-state index contributed by atoms with van der Waals surface area (Å²) in [6, 6.07) is 0. The van der Waals surface area contributed by atoms with Crippen LogP contribution in [0.15, 0.2) is 0 Å². The minimum absolute atomic E-state index is 0.391. The highest BCUT2D eigenvalue weighted by Gasteiger charge is 2.23. The van der Waals surface area contributed by atoms with Gasteiger partial charge in [-0.2, -0.15) is 4.98 Å². The number of thiophene rings is 1. The van der Waals surface area contributed by atoms with Crippen molar-refractivity contribution >= 4 is 33.3 Å². The fourth-order valence-corrected chi connectivity index (χ4v) is 3.89. The van der Waals surface area contributed by atoms with Crippen LogP contribution in [0.3, 0.4) is 0 Å². The van der Waals surface area contributed by atoms with Crippen LogP contribution in [0, 0.1) is 5.92 Å². The molecule has 1 aliphatic carbocycles. The highest BCUT2D eigenvalue weighted by molar-refractivity contribution is 7.19. The Kier molecular flexibility index (Phi) is 2.81. The van der Waals surface area contributed by atoms with Crippen LogP contribution in [0.4, 0.5) is 11.8 Å². The van der Waals surface area contributed by atoms with E-state index in [4.69, 9.17) is 11.7 Å². The zero-order valence-corrected chi connectivity index (χ0v) is 11.0. The number of nitrogens with one attached hydrogen (secondary N) is 2. The maximum atomic E-state index is 5.55. The smallest absolute Gasteiger partial charge is 0.240 e. The minimum Gasteiger partial charge on any atom is -0.308 e. The van der Waals surface area contributed by atoms with E-state index in [9.17, 15) is 0 Å². The molecule has 1 atom stereocenters. The van der Waals surface area contributed by atoms with Crippen LogP contribution in [0.25, 0.3) is 10.2 Å². The van der Waals surface area contributed by atoms with E-state index < -0.39 is 0 Å². The van der Waals surface area contributed by atoms with Crippen LogP contribution < -0.4 is 22.5 Å². The third-order valence-corrected chi connectivity index (χ3v) is 4.57. The zero-order chi connectivity index (χ0) is 12.7. The number of fused-ring (bicyclic) bond motifs is 3. The Balaban J connectivity index is 2.24. The molecule has 0 spiro atoms. The fraction of sp³-hybridized carbons (Fsp3) is 0.455. The molecule has 0 fully saturated rings. The van der Waals surface area contributed by atoms with Gasteiger partial charge in [0, 0.05) is 4.88 Å². The lowest BCUT2D eigenvalue weighted by Gasteiger charge is -2.18. The first kappa shape index (κ1) is 11.6.